The molecule has 2 rings (SSSR count). The van der Waals surface area contributed by atoms with Gasteiger partial charge in [-0.15, -0.1) is 0 Å². The highest BCUT2D eigenvalue weighted by Gasteiger charge is 2.28. The molecule has 0 aliphatic carbocycles. The molecule has 2 aromatic rings. The minimum atomic E-state index is -1.06. The van der Waals surface area contributed by atoms with Crippen LogP contribution >= 0.6 is 0 Å². The fraction of sp³-hybridized carbons (Fsp3) is 0.344. The number of hydrogen-bond acceptors (Lipinski definition) is 6. The number of nitrogens with one attached hydrogen (secondary N) is 2. The van der Waals surface area contributed by atoms with E-state index >= 15 is 0 Å². The van der Waals surface area contributed by atoms with Crippen LogP contribution in [0.15, 0.2) is 74.3 Å². The Morgan fingerprint density at radius 3 is 1.93 bits per heavy atom. The zero-order valence-corrected chi connectivity index (χ0v) is 24.3. The molecular formula is C32H40N2O6. The third-order valence-electron chi connectivity index (χ3n) is 6.26. The molecule has 0 fully saturated rings. The molecule has 0 aliphatic heterocycles. The summed E-state index contributed by atoms with van der Waals surface area (Å²) in [4.78, 5) is 37.1. The highest BCUT2D eigenvalue weighted by Crippen LogP contribution is 2.24. The van der Waals surface area contributed by atoms with Crippen molar-refractivity contribution in [3.63, 3.8) is 0 Å². The summed E-state index contributed by atoms with van der Waals surface area (Å²) in [6.07, 6.45) is -1.57. The van der Waals surface area contributed by atoms with E-state index in [1.54, 1.807) is 0 Å². The maximum absolute atomic E-state index is 12.8. The van der Waals surface area contributed by atoms with Crippen molar-refractivity contribution in [1.29, 1.82) is 0 Å². The monoisotopic (exact) mass is 548 g/mol. The van der Waals surface area contributed by atoms with E-state index in [0.717, 1.165) is 39.5 Å². The molecule has 0 spiro atoms. The molecule has 40 heavy (non-hydrogen) atoms. The molecule has 0 bridgehead atoms. The SMILES string of the molecule is C=CC(=O)OCC(COC(=O)NC(C)(C)c1ccc(C(=C)C)cc1)OC(=O)NC(C)(C)c1cccc(C(=C)C)c1. The first-order chi connectivity index (χ1) is 18.6. The third-order valence-corrected chi connectivity index (χ3v) is 6.26. The number of carbonyl (C=O) groups excluding carboxylic acids is 3. The summed E-state index contributed by atoms with van der Waals surface area (Å²) in [5.74, 6) is -0.699. The minimum Gasteiger partial charge on any atom is -0.458 e. The van der Waals surface area contributed by atoms with E-state index in [9.17, 15) is 14.4 Å². The highest BCUT2D eigenvalue weighted by molar-refractivity contribution is 5.81. The van der Waals surface area contributed by atoms with Gasteiger partial charge >= 0.3 is 18.2 Å². The summed E-state index contributed by atoms with van der Waals surface area (Å²) < 4.78 is 15.9. The predicted octanol–water partition coefficient (Wildman–Crippen LogP) is 6.47. The molecule has 0 radical (unpaired) electrons. The molecule has 0 aliphatic rings. The Hall–Kier alpha value is -4.33. The number of carbonyl (C=O) groups is 3. The normalized spacial score (nSPS) is 11.9. The standard InChI is InChI=1S/C32H40N2O6/c1-10-28(35)38-19-27(40-30(37)34-32(8,9)26-13-11-12-24(18-26)22(4)5)20-39-29(36)33-31(6,7)25-16-14-23(15-17-25)21(2)3/h10-18,27H,1-2,4,19-20H2,3,5-9H3,(H,33,36)(H,34,37). The number of hydrogen-bond donors (Lipinski definition) is 2. The predicted molar refractivity (Wildman–Crippen MR) is 157 cm³/mol. The Balaban J connectivity index is 2.05. The van der Waals surface area contributed by atoms with Crippen molar-refractivity contribution in [3.05, 3.63) is 96.6 Å². The van der Waals surface area contributed by atoms with Crippen molar-refractivity contribution >= 4 is 29.3 Å². The van der Waals surface area contributed by atoms with Crippen molar-refractivity contribution in [1.82, 2.24) is 10.6 Å². The van der Waals surface area contributed by atoms with E-state index < -0.39 is 35.3 Å². The Morgan fingerprint density at radius 1 is 0.800 bits per heavy atom. The lowest BCUT2D eigenvalue weighted by molar-refractivity contribution is -0.141. The fourth-order valence-corrected chi connectivity index (χ4v) is 3.74. The van der Waals surface area contributed by atoms with Gasteiger partial charge in [0.2, 0.25) is 0 Å². The molecule has 8 heteroatoms. The van der Waals surface area contributed by atoms with Crippen LogP contribution in [0.3, 0.4) is 0 Å². The second-order valence-electron chi connectivity index (χ2n) is 10.7. The molecule has 0 saturated carbocycles. The molecule has 2 amide bonds. The van der Waals surface area contributed by atoms with Gasteiger partial charge in [0.15, 0.2) is 6.10 Å². The number of alkyl carbamates (subject to hydrolysis) is 2. The number of esters is 1. The number of allylic oxidation sites excluding steroid dienone is 2. The highest BCUT2D eigenvalue weighted by atomic mass is 16.6. The first-order valence-corrected chi connectivity index (χ1v) is 12.9. The lowest BCUT2D eigenvalue weighted by atomic mass is 9.92. The molecule has 1 unspecified atom stereocenters. The first-order valence-electron chi connectivity index (χ1n) is 12.9. The van der Waals surface area contributed by atoms with Gasteiger partial charge in [-0.25, -0.2) is 14.4 Å². The van der Waals surface area contributed by atoms with Gasteiger partial charge in [-0.3, -0.25) is 0 Å². The lowest BCUT2D eigenvalue weighted by Crippen LogP contribution is -2.45. The third kappa shape index (κ3) is 9.45. The van der Waals surface area contributed by atoms with Crippen LogP contribution in [0.25, 0.3) is 11.1 Å². The quantitative estimate of drug-likeness (QED) is 0.179. The number of rotatable bonds is 12. The van der Waals surface area contributed by atoms with Crippen LogP contribution in [0.2, 0.25) is 0 Å². The number of benzene rings is 2. The summed E-state index contributed by atoms with van der Waals surface area (Å²) in [7, 11) is 0. The van der Waals surface area contributed by atoms with Crippen LogP contribution in [0.5, 0.6) is 0 Å². The molecule has 2 N–H and O–H groups in total. The minimum absolute atomic E-state index is 0.330. The van der Waals surface area contributed by atoms with E-state index in [4.69, 9.17) is 14.2 Å². The fourth-order valence-electron chi connectivity index (χ4n) is 3.74. The van der Waals surface area contributed by atoms with E-state index in [1.165, 1.54) is 0 Å². The van der Waals surface area contributed by atoms with E-state index in [0.29, 0.717) is 0 Å². The van der Waals surface area contributed by atoms with Crippen molar-refractivity contribution in [2.75, 3.05) is 13.2 Å². The lowest BCUT2D eigenvalue weighted by Gasteiger charge is -2.29. The summed E-state index contributed by atoms with van der Waals surface area (Å²) >= 11 is 0. The molecule has 8 nitrogen and oxygen atoms in total. The van der Waals surface area contributed by atoms with Crippen LogP contribution in [0.4, 0.5) is 9.59 Å². The van der Waals surface area contributed by atoms with Crippen LogP contribution in [0, 0.1) is 0 Å². The molecule has 2 aromatic carbocycles. The van der Waals surface area contributed by atoms with Crippen molar-refractivity contribution in [2.24, 2.45) is 0 Å². The summed E-state index contributed by atoms with van der Waals surface area (Å²) in [5, 5.41) is 5.63. The van der Waals surface area contributed by atoms with Gasteiger partial charge in [-0.1, -0.05) is 73.3 Å². The van der Waals surface area contributed by atoms with Crippen molar-refractivity contribution < 1.29 is 28.6 Å². The van der Waals surface area contributed by atoms with Gasteiger partial charge in [-0.05, 0) is 69.9 Å². The van der Waals surface area contributed by atoms with Gasteiger partial charge in [0.25, 0.3) is 0 Å². The summed E-state index contributed by atoms with van der Waals surface area (Å²) in [6.45, 7) is 21.7. The van der Waals surface area contributed by atoms with Gasteiger partial charge in [0, 0.05) is 6.08 Å². The summed E-state index contributed by atoms with van der Waals surface area (Å²) in [5.41, 5.74) is 3.93. The maximum Gasteiger partial charge on any atom is 0.408 e. The average molecular weight is 549 g/mol. The summed E-state index contributed by atoms with van der Waals surface area (Å²) in [6, 6.07) is 15.3. The van der Waals surface area contributed by atoms with Crippen LogP contribution in [-0.4, -0.2) is 37.5 Å². The number of ether oxygens (including phenoxy) is 3. The molecule has 0 saturated heterocycles. The van der Waals surface area contributed by atoms with Gasteiger partial charge in [-0.2, -0.15) is 0 Å². The zero-order valence-electron chi connectivity index (χ0n) is 24.3. The second-order valence-corrected chi connectivity index (χ2v) is 10.7. The van der Waals surface area contributed by atoms with Crippen molar-refractivity contribution in [3.8, 4) is 0 Å². The van der Waals surface area contributed by atoms with Crippen LogP contribution in [0.1, 0.15) is 63.8 Å². The van der Waals surface area contributed by atoms with Crippen LogP contribution < -0.4 is 10.6 Å². The Morgan fingerprint density at radius 2 is 1.35 bits per heavy atom. The van der Waals surface area contributed by atoms with E-state index in [1.807, 2.05) is 90.1 Å². The Labute approximate surface area is 237 Å². The molecule has 0 aromatic heterocycles. The van der Waals surface area contributed by atoms with Crippen molar-refractivity contribution in [2.45, 2.75) is 58.7 Å². The number of amides is 2. The average Bonchev–Trinajstić information content (AvgIpc) is 2.89. The second kappa shape index (κ2) is 13.6. The zero-order chi connectivity index (χ0) is 30.1. The Kier molecular flexibility index (Phi) is 10.9. The van der Waals surface area contributed by atoms with E-state index in [-0.39, 0.29) is 13.2 Å². The topological polar surface area (TPSA) is 103 Å². The maximum atomic E-state index is 12.8. The largest absolute Gasteiger partial charge is 0.458 e. The van der Waals surface area contributed by atoms with Crippen LogP contribution in [-0.2, 0) is 30.1 Å². The van der Waals surface area contributed by atoms with Gasteiger partial charge in [0.1, 0.15) is 13.2 Å². The van der Waals surface area contributed by atoms with Gasteiger partial charge < -0.3 is 24.8 Å². The smallest absolute Gasteiger partial charge is 0.408 e. The molecule has 1 atom stereocenters. The molecule has 0 heterocycles. The van der Waals surface area contributed by atoms with E-state index in [2.05, 4.69) is 30.4 Å². The van der Waals surface area contributed by atoms with Gasteiger partial charge in [0.05, 0.1) is 11.1 Å². The Bertz CT molecular complexity index is 1260. The first kappa shape index (κ1) is 31.9. The molecular weight excluding hydrogens is 508 g/mol. The molecule has 214 valence electrons.